The van der Waals surface area contributed by atoms with E-state index in [0.29, 0.717) is 36.6 Å². The summed E-state index contributed by atoms with van der Waals surface area (Å²) in [6.45, 7) is -1.68. The predicted molar refractivity (Wildman–Crippen MR) is 108 cm³/mol. The lowest BCUT2D eigenvalue weighted by Gasteiger charge is -2.15. The molecule has 0 saturated carbocycles. The molecule has 3 aromatic rings. The first-order chi connectivity index (χ1) is 16.0. The highest BCUT2D eigenvalue weighted by molar-refractivity contribution is 5.73. The number of phenols is 1. The topological polar surface area (TPSA) is 29.5 Å². The zero-order chi connectivity index (χ0) is 25.2. The quantitative estimate of drug-likeness (QED) is 0.338. The van der Waals surface area contributed by atoms with Gasteiger partial charge in [0, 0.05) is 11.6 Å². The number of rotatable bonds is 8. The first-order valence-corrected chi connectivity index (χ1v) is 10.1. The smallest absolute Gasteiger partial charge is 0.387 e. The summed E-state index contributed by atoms with van der Waals surface area (Å²) in [6.07, 6.45) is 0.0395. The van der Waals surface area contributed by atoms with Gasteiger partial charge >= 0.3 is 6.61 Å². The van der Waals surface area contributed by atoms with Crippen molar-refractivity contribution in [3.05, 3.63) is 81.9 Å². The fourth-order valence-electron chi connectivity index (χ4n) is 3.64. The van der Waals surface area contributed by atoms with Crippen LogP contribution in [0, 0.1) is 34.9 Å². The number of ether oxygens (including phenoxy) is 1. The molecule has 0 fully saturated rings. The van der Waals surface area contributed by atoms with E-state index in [9.17, 15) is 35.8 Å². The van der Waals surface area contributed by atoms with Gasteiger partial charge < -0.3 is 9.84 Å². The van der Waals surface area contributed by atoms with Crippen molar-refractivity contribution in [3.8, 4) is 22.6 Å². The molecule has 0 aliphatic heterocycles. The Morgan fingerprint density at radius 1 is 0.706 bits per heavy atom. The lowest BCUT2D eigenvalue weighted by atomic mass is 9.94. The van der Waals surface area contributed by atoms with Gasteiger partial charge in [-0.1, -0.05) is 13.3 Å². The Bertz CT molecular complexity index is 1160. The maximum absolute atomic E-state index is 15.2. The van der Waals surface area contributed by atoms with E-state index in [-0.39, 0.29) is 12.0 Å². The van der Waals surface area contributed by atoms with E-state index in [1.807, 2.05) is 0 Å². The molecule has 0 heterocycles. The number of halogens is 8. The van der Waals surface area contributed by atoms with E-state index in [4.69, 9.17) is 0 Å². The molecule has 0 aromatic heterocycles. The Morgan fingerprint density at radius 2 is 1.24 bits per heavy atom. The normalized spacial score (nSPS) is 11.4. The summed E-state index contributed by atoms with van der Waals surface area (Å²) in [5.41, 5.74) is -2.31. The average Bonchev–Trinajstić information content (AvgIpc) is 2.72. The van der Waals surface area contributed by atoms with Crippen molar-refractivity contribution in [2.45, 2.75) is 39.2 Å². The molecule has 182 valence electrons. The molecule has 0 saturated heterocycles. The number of benzene rings is 3. The van der Waals surface area contributed by atoms with Crippen LogP contribution < -0.4 is 4.74 Å². The molecule has 0 radical (unpaired) electrons. The number of phenolic OH excluding ortho intramolecular Hbond substituents is 1. The summed E-state index contributed by atoms with van der Waals surface area (Å²) >= 11 is 0. The van der Waals surface area contributed by atoms with Crippen LogP contribution in [-0.4, -0.2) is 11.7 Å². The molecule has 34 heavy (non-hydrogen) atoms. The van der Waals surface area contributed by atoms with Crippen molar-refractivity contribution in [2.24, 2.45) is 0 Å². The third-order valence-electron chi connectivity index (χ3n) is 5.11. The third-order valence-corrected chi connectivity index (χ3v) is 5.11. The van der Waals surface area contributed by atoms with Crippen molar-refractivity contribution in [1.29, 1.82) is 0 Å². The lowest BCUT2D eigenvalue weighted by molar-refractivity contribution is -0.0546. The molecule has 10 heteroatoms. The highest BCUT2D eigenvalue weighted by Crippen LogP contribution is 2.39. The fraction of sp³-hybridized carbons (Fsp3) is 0.250. The maximum Gasteiger partial charge on any atom is 0.387 e. The molecule has 0 spiro atoms. The Hall–Kier alpha value is -3.30. The van der Waals surface area contributed by atoms with Gasteiger partial charge in [-0.15, -0.1) is 0 Å². The van der Waals surface area contributed by atoms with Crippen molar-refractivity contribution in [2.75, 3.05) is 0 Å². The average molecular weight is 490 g/mol. The zero-order valence-corrected chi connectivity index (χ0v) is 17.7. The first kappa shape index (κ1) is 25.3. The lowest BCUT2D eigenvalue weighted by Crippen LogP contribution is -2.07. The number of hydrogen-bond donors (Lipinski definition) is 1. The number of hydrogen-bond acceptors (Lipinski definition) is 2. The van der Waals surface area contributed by atoms with Crippen LogP contribution in [0.5, 0.6) is 11.5 Å². The third kappa shape index (κ3) is 5.26. The van der Waals surface area contributed by atoms with Crippen LogP contribution in [0.25, 0.3) is 11.1 Å². The standard InChI is InChI=1S/C24H18F8O2/c1-2-3-11-6-15(26)20(16(27)7-11)21-19(33)10-14(25)13(22(21)30)5-4-12-8-17(28)23(18(29)9-12)34-24(31)32/h6-10,24,33H,2-5H2,1H3. The minimum absolute atomic E-state index is 0.147. The molecular formula is C24H18F8O2. The molecule has 3 rings (SSSR count). The molecule has 0 bridgehead atoms. The second kappa shape index (κ2) is 10.3. The van der Waals surface area contributed by atoms with Crippen LogP contribution in [-0.2, 0) is 19.3 Å². The van der Waals surface area contributed by atoms with Gasteiger partial charge in [0.1, 0.15) is 29.0 Å². The summed E-state index contributed by atoms with van der Waals surface area (Å²) in [6, 6.07) is 3.76. The summed E-state index contributed by atoms with van der Waals surface area (Å²) in [5.74, 6) is -10.2. The van der Waals surface area contributed by atoms with Crippen molar-refractivity contribution in [1.82, 2.24) is 0 Å². The minimum Gasteiger partial charge on any atom is -0.507 e. The van der Waals surface area contributed by atoms with Gasteiger partial charge in [0.05, 0.1) is 11.1 Å². The van der Waals surface area contributed by atoms with Crippen molar-refractivity contribution in [3.63, 3.8) is 0 Å². The molecular weight excluding hydrogens is 472 g/mol. The summed E-state index contributed by atoms with van der Waals surface area (Å²) in [5, 5.41) is 10.0. The second-order valence-corrected chi connectivity index (χ2v) is 7.50. The summed E-state index contributed by atoms with van der Waals surface area (Å²) in [7, 11) is 0. The Morgan fingerprint density at radius 3 is 1.76 bits per heavy atom. The highest BCUT2D eigenvalue weighted by atomic mass is 19.3. The molecule has 0 amide bonds. The molecule has 3 aromatic carbocycles. The summed E-state index contributed by atoms with van der Waals surface area (Å²) in [4.78, 5) is 0. The van der Waals surface area contributed by atoms with Gasteiger partial charge in [-0.3, -0.25) is 0 Å². The van der Waals surface area contributed by atoms with Gasteiger partial charge in [-0.25, -0.2) is 26.3 Å². The van der Waals surface area contributed by atoms with E-state index in [0.717, 1.165) is 12.1 Å². The highest BCUT2D eigenvalue weighted by Gasteiger charge is 2.25. The molecule has 0 aliphatic carbocycles. The minimum atomic E-state index is -3.47. The van der Waals surface area contributed by atoms with Gasteiger partial charge in [0.15, 0.2) is 17.4 Å². The summed E-state index contributed by atoms with van der Waals surface area (Å²) < 4.78 is 115. The predicted octanol–water partition coefficient (Wildman–Crippen LogP) is 7.23. The molecule has 1 N–H and O–H groups in total. The Kier molecular flexibility index (Phi) is 7.68. The Balaban J connectivity index is 1.98. The molecule has 0 atom stereocenters. The van der Waals surface area contributed by atoms with Crippen molar-refractivity contribution >= 4 is 0 Å². The second-order valence-electron chi connectivity index (χ2n) is 7.50. The van der Waals surface area contributed by atoms with Gasteiger partial charge in [0.2, 0.25) is 0 Å². The monoisotopic (exact) mass is 490 g/mol. The Labute approximate surface area is 189 Å². The molecule has 2 nitrogen and oxygen atoms in total. The number of alkyl halides is 2. The van der Waals surface area contributed by atoms with Crippen LogP contribution in [0.1, 0.15) is 30.0 Å². The van der Waals surface area contributed by atoms with Crippen LogP contribution >= 0.6 is 0 Å². The SMILES string of the molecule is CCCc1cc(F)c(-c2c(O)cc(F)c(CCc3cc(F)c(OC(F)F)c(F)c3)c2F)c(F)c1. The van der Waals surface area contributed by atoms with Crippen molar-refractivity contribution < 1.29 is 45.0 Å². The van der Waals surface area contributed by atoms with Crippen LogP contribution in [0.4, 0.5) is 35.1 Å². The molecule has 0 unspecified atom stereocenters. The van der Waals surface area contributed by atoms with E-state index >= 15 is 4.39 Å². The van der Waals surface area contributed by atoms with E-state index in [1.54, 1.807) is 6.92 Å². The molecule has 0 aliphatic rings. The zero-order valence-electron chi connectivity index (χ0n) is 17.7. The fourth-order valence-corrected chi connectivity index (χ4v) is 3.64. The maximum atomic E-state index is 15.2. The number of aryl methyl sites for hydroxylation is 2. The van der Waals surface area contributed by atoms with E-state index < -0.39 is 76.1 Å². The van der Waals surface area contributed by atoms with E-state index in [2.05, 4.69) is 4.74 Å². The largest absolute Gasteiger partial charge is 0.507 e. The van der Waals surface area contributed by atoms with Gasteiger partial charge in [-0.2, -0.15) is 8.78 Å². The van der Waals surface area contributed by atoms with Crippen LogP contribution in [0.3, 0.4) is 0 Å². The number of aromatic hydroxyl groups is 1. The van der Waals surface area contributed by atoms with Gasteiger partial charge in [0.25, 0.3) is 0 Å². The van der Waals surface area contributed by atoms with Crippen LogP contribution in [0.2, 0.25) is 0 Å². The van der Waals surface area contributed by atoms with Crippen LogP contribution in [0.15, 0.2) is 30.3 Å². The first-order valence-electron chi connectivity index (χ1n) is 10.1. The van der Waals surface area contributed by atoms with E-state index in [1.165, 1.54) is 0 Å². The van der Waals surface area contributed by atoms with Gasteiger partial charge in [-0.05, 0) is 54.7 Å².